The van der Waals surface area contributed by atoms with Crippen molar-refractivity contribution < 1.29 is 18.7 Å². The summed E-state index contributed by atoms with van der Waals surface area (Å²) >= 11 is 1.33. The van der Waals surface area contributed by atoms with Crippen LogP contribution >= 0.6 is 11.3 Å². The van der Waals surface area contributed by atoms with E-state index in [1.54, 1.807) is 55.6 Å². The summed E-state index contributed by atoms with van der Waals surface area (Å²) < 4.78 is 17.3. The number of amides is 1. The van der Waals surface area contributed by atoms with Crippen LogP contribution in [0.5, 0.6) is 11.5 Å². The highest BCUT2D eigenvalue weighted by molar-refractivity contribution is 7.13. The van der Waals surface area contributed by atoms with Gasteiger partial charge in [-0.25, -0.2) is 4.98 Å². The molecule has 0 bridgehead atoms. The Morgan fingerprint density at radius 1 is 1.19 bits per heavy atom. The van der Waals surface area contributed by atoms with Gasteiger partial charge in [-0.05, 0) is 49.7 Å². The van der Waals surface area contributed by atoms with Gasteiger partial charge in [0.15, 0.2) is 17.0 Å². The second-order valence-electron chi connectivity index (χ2n) is 7.11. The van der Waals surface area contributed by atoms with E-state index in [0.29, 0.717) is 33.8 Å². The van der Waals surface area contributed by atoms with E-state index in [1.807, 2.05) is 19.2 Å². The third-order valence-corrected chi connectivity index (χ3v) is 5.76. The molecule has 1 unspecified atom stereocenters. The molecule has 8 heteroatoms. The largest absolute Gasteiger partial charge is 0.497 e. The number of methoxy groups -OCH3 is 1. The predicted octanol–water partition coefficient (Wildman–Crippen LogP) is 5.03. The number of aryl methyl sites for hydroxylation is 1. The maximum atomic E-state index is 13.3. The molecule has 0 radical (unpaired) electrons. The van der Waals surface area contributed by atoms with Crippen molar-refractivity contribution in [2.75, 3.05) is 12.4 Å². The van der Waals surface area contributed by atoms with Crippen molar-refractivity contribution in [3.63, 3.8) is 0 Å². The summed E-state index contributed by atoms with van der Waals surface area (Å²) in [4.78, 5) is 30.4. The number of nitrogens with one attached hydrogen (secondary N) is 1. The zero-order valence-corrected chi connectivity index (χ0v) is 18.7. The molecule has 32 heavy (non-hydrogen) atoms. The molecule has 2 heterocycles. The molecule has 1 atom stereocenters. The van der Waals surface area contributed by atoms with Crippen LogP contribution in [0.25, 0.3) is 22.3 Å². The standard InChI is InChI=1S/C24H22N2O5S/c1-4-18(23(28)26-24-25-14(2)13-32-24)30-22-20(27)17-7-5-6-8-19(17)31-21(22)15-9-11-16(29-3)12-10-15/h5-13,18H,4H2,1-3H3,(H,25,26,28). The zero-order chi connectivity index (χ0) is 22.7. The van der Waals surface area contributed by atoms with Crippen LogP contribution in [0.2, 0.25) is 0 Å². The number of anilines is 1. The number of thiazole rings is 1. The van der Waals surface area contributed by atoms with Crippen molar-refractivity contribution in [2.24, 2.45) is 0 Å². The fourth-order valence-electron chi connectivity index (χ4n) is 3.23. The fourth-order valence-corrected chi connectivity index (χ4v) is 3.92. The first kappa shape index (κ1) is 21.6. The average molecular weight is 451 g/mol. The highest BCUT2D eigenvalue weighted by Gasteiger charge is 2.25. The number of benzene rings is 2. The maximum absolute atomic E-state index is 13.3. The summed E-state index contributed by atoms with van der Waals surface area (Å²) in [7, 11) is 1.58. The van der Waals surface area contributed by atoms with Crippen LogP contribution in [0.15, 0.2) is 63.1 Å². The Hall–Kier alpha value is -3.65. The lowest BCUT2D eigenvalue weighted by atomic mass is 10.1. The van der Waals surface area contributed by atoms with Gasteiger partial charge < -0.3 is 13.9 Å². The number of rotatable bonds is 7. The molecule has 0 aliphatic heterocycles. The van der Waals surface area contributed by atoms with Gasteiger partial charge in [0.1, 0.15) is 11.3 Å². The van der Waals surface area contributed by atoms with Gasteiger partial charge in [-0.2, -0.15) is 0 Å². The van der Waals surface area contributed by atoms with Crippen molar-refractivity contribution in [3.05, 3.63) is 69.8 Å². The van der Waals surface area contributed by atoms with Gasteiger partial charge >= 0.3 is 0 Å². The molecule has 7 nitrogen and oxygen atoms in total. The Balaban J connectivity index is 1.75. The van der Waals surface area contributed by atoms with Crippen molar-refractivity contribution in [2.45, 2.75) is 26.4 Å². The van der Waals surface area contributed by atoms with E-state index < -0.39 is 6.10 Å². The monoisotopic (exact) mass is 450 g/mol. The second kappa shape index (κ2) is 9.23. The first-order chi connectivity index (χ1) is 15.5. The molecule has 0 spiro atoms. The first-order valence-electron chi connectivity index (χ1n) is 10.1. The number of hydrogen-bond donors (Lipinski definition) is 1. The van der Waals surface area contributed by atoms with Crippen molar-refractivity contribution in [1.29, 1.82) is 0 Å². The number of carbonyl (C=O) groups excluding carboxylic acids is 1. The number of ether oxygens (including phenoxy) is 2. The van der Waals surface area contributed by atoms with Gasteiger partial charge in [0.25, 0.3) is 5.91 Å². The Labute approximate surface area is 188 Å². The van der Waals surface area contributed by atoms with Crippen LogP contribution in [-0.4, -0.2) is 24.1 Å². The van der Waals surface area contributed by atoms with Gasteiger partial charge in [0.05, 0.1) is 18.2 Å². The molecule has 0 aliphatic rings. The summed E-state index contributed by atoms with van der Waals surface area (Å²) in [5.74, 6) is 0.540. The van der Waals surface area contributed by atoms with Crippen LogP contribution in [0, 0.1) is 6.92 Å². The van der Waals surface area contributed by atoms with Gasteiger partial charge in [0, 0.05) is 10.9 Å². The van der Waals surface area contributed by atoms with E-state index in [9.17, 15) is 9.59 Å². The number of hydrogen-bond acceptors (Lipinski definition) is 7. The molecule has 164 valence electrons. The molecule has 4 aromatic rings. The molecule has 2 aromatic heterocycles. The summed E-state index contributed by atoms with van der Waals surface area (Å²) in [6, 6.07) is 14.0. The Bertz CT molecular complexity index is 1310. The van der Waals surface area contributed by atoms with Gasteiger partial charge in [-0.1, -0.05) is 19.1 Å². The molecule has 1 amide bonds. The van der Waals surface area contributed by atoms with Gasteiger partial charge in [-0.3, -0.25) is 14.9 Å². The molecule has 0 saturated heterocycles. The number of aromatic nitrogens is 1. The highest BCUT2D eigenvalue weighted by Crippen LogP contribution is 2.33. The predicted molar refractivity (Wildman–Crippen MR) is 125 cm³/mol. The number of carbonyl (C=O) groups is 1. The van der Waals surface area contributed by atoms with E-state index in [4.69, 9.17) is 13.9 Å². The topological polar surface area (TPSA) is 90.7 Å². The maximum Gasteiger partial charge on any atom is 0.267 e. The number of nitrogens with zero attached hydrogens (tertiary/aromatic N) is 1. The minimum Gasteiger partial charge on any atom is -0.497 e. The molecule has 2 aromatic carbocycles. The smallest absolute Gasteiger partial charge is 0.267 e. The van der Waals surface area contributed by atoms with Gasteiger partial charge in [0.2, 0.25) is 11.2 Å². The van der Waals surface area contributed by atoms with E-state index in [1.165, 1.54) is 11.3 Å². The lowest BCUT2D eigenvalue weighted by Crippen LogP contribution is -2.34. The average Bonchev–Trinajstić information content (AvgIpc) is 3.22. The van der Waals surface area contributed by atoms with Crippen LogP contribution in [0.4, 0.5) is 5.13 Å². The normalized spacial score (nSPS) is 11.8. The molecule has 1 N–H and O–H groups in total. The summed E-state index contributed by atoms with van der Waals surface area (Å²) in [5, 5.41) is 5.47. The molecule has 4 rings (SSSR count). The third kappa shape index (κ3) is 4.36. The molecular weight excluding hydrogens is 428 g/mol. The Morgan fingerprint density at radius 2 is 1.94 bits per heavy atom. The first-order valence-corrected chi connectivity index (χ1v) is 11.0. The van der Waals surface area contributed by atoms with Crippen LogP contribution in [0.1, 0.15) is 19.0 Å². The van der Waals surface area contributed by atoms with E-state index in [0.717, 1.165) is 5.69 Å². The number of fused-ring (bicyclic) bond motifs is 1. The van der Waals surface area contributed by atoms with E-state index >= 15 is 0 Å². The zero-order valence-electron chi connectivity index (χ0n) is 17.9. The lowest BCUT2D eigenvalue weighted by molar-refractivity contribution is -0.122. The lowest BCUT2D eigenvalue weighted by Gasteiger charge is -2.18. The summed E-state index contributed by atoms with van der Waals surface area (Å²) in [5.41, 5.74) is 1.55. The Kier molecular flexibility index (Phi) is 6.23. The van der Waals surface area contributed by atoms with Crippen molar-refractivity contribution in [1.82, 2.24) is 4.98 Å². The van der Waals surface area contributed by atoms with Crippen LogP contribution < -0.4 is 20.2 Å². The van der Waals surface area contributed by atoms with Gasteiger partial charge in [-0.15, -0.1) is 11.3 Å². The van der Waals surface area contributed by atoms with E-state index in [-0.39, 0.29) is 22.8 Å². The highest BCUT2D eigenvalue weighted by atomic mass is 32.1. The fraction of sp³-hybridized carbons (Fsp3) is 0.208. The molecule has 0 aliphatic carbocycles. The summed E-state index contributed by atoms with van der Waals surface area (Å²) in [6.07, 6.45) is -0.551. The Morgan fingerprint density at radius 3 is 2.59 bits per heavy atom. The van der Waals surface area contributed by atoms with Crippen molar-refractivity contribution >= 4 is 33.3 Å². The molecule has 0 saturated carbocycles. The third-order valence-electron chi connectivity index (χ3n) is 4.88. The van der Waals surface area contributed by atoms with Crippen LogP contribution in [0.3, 0.4) is 0 Å². The van der Waals surface area contributed by atoms with Crippen LogP contribution in [-0.2, 0) is 4.79 Å². The second-order valence-corrected chi connectivity index (χ2v) is 7.97. The minimum atomic E-state index is -0.903. The van der Waals surface area contributed by atoms with Crippen molar-refractivity contribution in [3.8, 4) is 22.8 Å². The number of para-hydroxylation sites is 1. The SMILES string of the molecule is CCC(Oc1c(-c2ccc(OC)cc2)oc2ccccc2c1=O)C(=O)Nc1nc(C)cs1. The summed E-state index contributed by atoms with van der Waals surface area (Å²) in [6.45, 7) is 3.66. The molecule has 0 fully saturated rings. The van der Waals surface area contributed by atoms with E-state index in [2.05, 4.69) is 10.3 Å². The minimum absolute atomic E-state index is 0.00816. The quantitative estimate of drug-likeness (QED) is 0.425. The molecular formula is C24H22N2O5S.